The van der Waals surface area contributed by atoms with E-state index in [9.17, 15) is 9.59 Å². The summed E-state index contributed by atoms with van der Waals surface area (Å²) in [5.41, 5.74) is 2.14. The summed E-state index contributed by atoms with van der Waals surface area (Å²) in [6.45, 7) is 6.46. The SMILES string of the molecule is CC(C)(C)n1c(NC(=O)CCNC(=O)c2ccccc2)nc2ccccc21. The van der Waals surface area contributed by atoms with E-state index in [4.69, 9.17) is 0 Å². The Hall–Kier alpha value is -3.15. The molecule has 0 aliphatic heterocycles. The summed E-state index contributed by atoms with van der Waals surface area (Å²) < 4.78 is 2.02. The van der Waals surface area contributed by atoms with Gasteiger partial charge in [-0.1, -0.05) is 30.3 Å². The third-order valence-corrected chi connectivity index (χ3v) is 4.16. The largest absolute Gasteiger partial charge is 0.352 e. The number of nitrogens with zero attached hydrogens (tertiary/aromatic N) is 2. The Labute approximate surface area is 158 Å². The standard InChI is InChI=1S/C21H24N4O2/c1-21(2,3)25-17-12-8-7-11-16(17)23-20(25)24-18(26)13-14-22-19(27)15-9-5-4-6-10-15/h4-12H,13-14H2,1-3H3,(H,22,27)(H,23,24,26). The number of nitrogens with one attached hydrogen (secondary N) is 2. The number of benzene rings is 2. The van der Waals surface area contributed by atoms with Crippen LogP contribution in [0.3, 0.4) is 0 Å². The van der Waals surface area contributed by atoms with Gasteiger partial charge in [-0.2, -0.15) is 0 Å². The number of carbonyl (C=O) groups is 2. The maximum absolute atomic E-state index is 12.4. The number of carbonyl (C=O) groups excluding carboxylic acids is 2. The van der Waals surface area contributed by atoms with Crippen LogP contribution < -0.4 is 10.6 Å². The van der Waals surface area contributed by atoms with Gasteiger partial charge in [-0.25, -0.2) is 4.98 Å². The molecule has 0 fully saturated rings. The summed E-state index contributed by atoms with van der Waals surface area (Å²) in [6.07, 6.45) is 0.173. The van der Waals surface area contributed by atoms with E-state index in [2.05, 4.69) is 36.4 Å². The maximum Gasteiger partial charge on any atom is 0.251 e. The lowest BCUT2D eigenvalue weighted by Crippen LogP contribution is -2.29. The Morgan fingerprint density at radius 2 is 1.67 bits per heavy atom. The first-order valence-corrected chi connectivity index (χ1v) is 8.97. The summed E-state index contributed by atoms with van der Waals surface area (Å²) in [6, 6.07) is 16.7. The van der Waals surface area contributed by atoms with Crippen LogP contribution in [-0.4, -0.2) is 27.9 Å². The van der Waals surface area contributed by atoms with Crippen molar-refractivity contribution in [1.29, 1.82) is 0 Å². The minimum absolute atomic E-state index is 0.173. The molecule has 0 unspecified atom stereocenters. The highest BCUT2D eigenvalue weighted by molar-refractivity contribution is 5.95. The molecule has 6 heteroatoms. The second-order valence-electron chi connectivity index (χ2n) is 7.35. The Morgan fingerprint density at radius 3 is 2.37 bits per heavy atom. The predicted octanol–water partition coefficient (Wildman–Crippen LogP) is 3.55. The van der Waals surface area contributed by atoms with E-state index in [0.29, 0.717) is 11.5 Å². The average molecular weight is 364 g/mol. The number of amides is 2. The van der Waals surface area contributed by atoms with Crippen molar-refractivity contribution >= 4 is 28.8 Å². The van der Waals surface area contributed by atoms with Crippen LogP contribution in [0, 0.1) is 0 Å². The van der Waals surface area contributed by atoms with Crippen molar-refractivity contribution in [2.24, 2.45) is 0 Å². The molecule has 1 heterocycles. The molecule has 2 amide bonds. The lowest BCUT2D eigenvalue weighted by atomic mass is 10.1. The number of aromatic nitrogens is 2. The summed E-state index contributed by atoms with van der Waals surface area (Å²) in [4.78, 5) is 29.0. The maximum atomic E-state index is 12.4. The van der Waals surface area contributed by atoms with E-state index in [1.54, 1.807) is 24.3 Å². The van der Waals surface area contributed by atoms with E-state index in [1.165, 1.54) is 0 Å². The number of hydrogen-bond donors (Lipinski definition) is 2. The molecule has 0 spiro atoms. The first kappa shape index (κ1) is 18.6. The molecule has 140 valence electrons. The molecule has 2 aromatic carbocycles. The fraction of sp³-hybridized carbons (Fsp3) is 0.286. The Balaban J connectivity index is 1.65. The fourth-order valence-electron chi connectivity index (χ4n) is 2.96. The van der Waals surface area contributed by atoms with E-state index >= 15 is 0 Å². The molecule has 2 N–H and O–H groups in total. The van der Waals surface area contributed by atoms with Crippen molar-refractivity contribution in [3.63, 3.8) is 0 Å². The molecule has 0 aliphatic carbocycles. The van der Waals surface area contributed by atoms with Crippen LogP contribution in [0.2, 0.25) is 0 Å². The van der Waals surface area contributed by atoms with Gasteiger partial charge in [-0.15, -0.1) is 0 Å². The molecule has 0 saturated carbocycles. The van der Waals surface area contributed by atoms with Gasteiger partial charge in [0.2, 0.25) is 11.9 Å². The minimum Gasteiger partial charge on any atom is -0.352 e. The summed E-state index contributed by atoms with van der Waals surface area (Å²) in [7, 11) is 0. The van der Waals surface area contributed by atoms with Gasteiger partial charge in [0.15, 0.2) is 0 Å². The lowest BCUT2D eigenvalue weighted by molar-refractivity contribution is -0.116. The number of rotatable bonds is 5. The van der Waals surface area contributed by atoms with Crippen LogP contribution in [0.4, 0.5) is 5.95 Å². The van der Waals surface area contributed by atoms with E-state index in [0.717, 1.165) is 11.0 Å². The second kappa shape index (κ2) is 7.61. The zero-order valence-corrected chi connectivity index (χ0v) is 15.8. The zero-order chi connectivity index (χ0) is 19.4. The molecular weight excluding hydrogens is 340 g/mol. The smallest absolute Gasteiger partial charge is 0.251 e. The van der Waals surface area contributed by atoms with Gasteiger partial charge in [0.25, 0.3) is 5.91 Å². The van der Waals surface area contributed by atoms with Crippen LogP contribution in [-0.2, 0) is 10.3 Å². The molecule has 0 atom stereocenters. The monoisotopic (exact) mass is 364 g/mol. The number of imidazole rings is 1. The van der Waals surface area contributed by atoms with Crippen molar-refractivity contribution in [1.82, 2.24) is 14.9 Å². The van der Waals surface area contributed by atoms with Gasteiger partial charge in [0.1, 0.15) is 0 Å². The molecule has 1 aromatic heterocycles. The van der Waals surface area contributed by atoms with E-state index < -0.39 is 0 Å². The third kappa shape index (κ3) is 4.34. The first-order valence-electron chi connectivity index (χ1n) is 8.97. The molecule has 27 heavy (non-hydrogen) atoms. The van der Waals surface area contributed by atoms with Crippen molar-refractivity contribution in [3.8, 4) is 0 Å². The van der Waals surface area contributed by atoms with Gasteiger partial charge in [-0.3, -0.25) is 14.9 Å². The Bertz CT molecular complexity index is 955. The van der Waals surface area contributed by atoms with E-state index in [1.807, 2.05) is 34.9 Å². The molecule has 0 saturated heterocycles. The number of fused-ring (bicyclic) bond motifs is 1. The summed E-state index contributed by atoms with van der Waals surface area (Å²) >= 11 is 0. The third-order valence-electron chi connectivity index (χ3n) is 4.16. The summed E-state index contributed by atoms with van der Waals surface area (Å²) in [5, 5.41) is 5.64. The van der Waals surface area contributed by atoms with Crippen molar-refractivity contribution < 1.29 is 9.59 Å². The predicted molar refractivity (Wildman–Crippen MR) is 107 cm³/mol. The van der Waals surface area contributed by atoms with Crippen LogP contribution in [0.1, 0.15) is 37.6 Å². The quantitative estimate of drug-likeness (QED) is 0.727. The number of anilines is 1. The first-order chi connectivity index (χ1) is 12.9. The molecule has 3 rings (SSSR count). The topological polar surface area (TPSA) is 76.0 Å². The zero-order valence-electron chi connectivity index (χ0n) is 15.8. The summed E-state index contributed by atoms with van der Waals surface area (Å²) in [5.74, 6) is 0.137. The normalized spacial score (nSPS) is 11.4. The Morgan fingerprint density at radius 1 is 1.00 bits per heavy atom. The fourth-order valence-corrected chi connectivity index (χ4v) is 2.96. The Kier molecular flexibility index (Phi) is 5.26. The van der Waals surface area contributed by atoms with Crippen molar-refractivity contribution in [2.75, 3.05) is 11.9 Å². The molecule has 6 nitrogen and oxygen atoms in total. The van der Waals surface area contributed by atoms with Gasteiger partial charge >= 0.3 is 0 Å². The van der Waals surface area contributed by atoms with Crippen LogP contribution in [0.25, 0.3) is 11.0 Å². The van der Waals surface area contributed by atoms with Crippen LogP contribution in [0.5, 0.6) is 0 Å². The van der Waals surface area contributed by atoms with Gasteiger partial charge in [-0.05, 0) is 45.0 Å². The second-order valence-corrected chi connectivity index (χ2v) is 7.35. The average Bonchev–Trinajstić information content (AvgIpc) is 3.00. The number of hydrogen-bond acceptors (Lipinski definition) is 3. The molecule has 0 radical (unpaired) electrons. The molecule has 0 bridgehead atoms. The van der Waals surface area contributed by atoms with Gasteiger partial charge in [0.05, 0.1) is 11.0 Å². The molecular formula is C21H24N4O2. The lowest BCUT2D eigenvalue weighted by Gasteiger charge is -2.24. The van der Waals surface area contributed by atoms with Crippen molar-refractivity contribution in [2.45, 2.75) is 32.7 Å². The highest BCUT2D eigenvalue weighted by Gasteiger charge is 2.22. The molecule has 0 aliphatic rings. The van der Waals surface area contributed by atoms with Crippen LogP contribution >= 0.6 is 0 Å². The van der Waals surface area contributed by atoms with Gasteiger partial charge in [0, 0.05) is 24.1 Å². The minimum atomic E-state index is -0.236. The highest BCUT2D eigenvalue weighted by Crippen LogP contribution is 2.27. The highest BCUT2D eigenvalue weighted by atomic mass is 16.2. The molecule has 3 aromatic rings. The van der Waals surface area contributed by atoms with Gasteiger partial charge < -0.3 is 9.88 Å². The van der Waals surface area contributed by atoms with E-state index in [-0.39, 0.29) is 30.3 Å². The van der Waals surface area contributed by atoms with Crippen molar-refractivity contribution in [3.05, 3.63) is 60.2 Å². The van der Waals surface area contributed by atoms with Crippen LogP contribution in [0.15, 0.2) is 54.6 Å². The number of para-hydroxylation sites is 2.